The number of amides is 1. The first-order chi connectivity index (χ1) is 13.5. The molecule has 0 atom stereocenters. The topological polar surface area (TPSA) is 56.1 Å². The monoisotopic (exact) mass is 418 g/mol. The van der Waals surface area contributed by atoms with Crippen LogP contribution >= 0.6 is 22.9 Å². The average molecular weight is 419 g/mol. The van der Waals surface area contributed by atoms with E-state index in [1.165, 1.54) is 16.2 Å². The Morgan fingerprint density at radius 3 is 2.54 bits per heavy atom. The minimum absolute atomic E-state index is 0.0887. The maximum Gasteiger partial charge on any atom is 0.260 e. The van der Waals surface area contributed by atoms with Gasteiger partial charge in [0.05, 0.1) is 37.4 Å². The Morgan fingerprint density at radius 1 is 1.18 bits per heavy atom. The molecular formula is C20H21ClN3O3S+. The minimum atomic E-state index is -0.0887. The molecule has 0 aliphatic carbocycles. The molecule has 146 valence electrons. The van der Waals surface area contributed by atoms with Crippen molar-refractivity contribution in [2.24, 2.45) is 0 Å². The minimum Gasteiger partial charge on any atom is -0.486 e. The summed E-state index contributed by atoms with van der Waals surface area (Å²) in [6.45, 7) is 2.44. The second-order valence-corrected chi connectivity index (χ2v) is 8.33. The lowest BCUT2D eigenvalue weighted by Gasteiger charge is -2.20. The number of hydrogen-bond donors (Lipinski definition) is 1. The maximum atomic E-state index is 13.2. The molecule has 2 heterocycles. The average Bonchev–Trinajstić information content (AvgIpc) is 3.08. The molecule has 0 saturated heterocycles. The number of carbonyl (C=O) groups is 1. The van der Waals surface area contributed by atoms with Gasteiger partial charge in [-0.15, -0.1) is 0 Å². The van der Waals surface area contributed by atoms with Gasteiger partial charge < -0.3 is 14.4 Å². The Bertz CT molecular complexity index is 961. The number of fused-ring (bicyclic) bond motifs is 2. The van der Waals surface area contributed by atoms with E-state index >= 15 is 0 Å². The van der Waals surface area contributed by atoms with Gasteiger partial charge in [0, 0.05) is 22.7 Å². The van der Waals surface area contributed by atoms with E-state index in [9.17, 15) is 4.79 Å². The van der Waals surface area contributed by atoms with E-state index in [1.54, 1.807) is 29.2 Å². The van der Waals surface area contributed by atoms with Gasteiger partial charge in [-0.3, -0.25) is 9.69 Å². The summed E-state index contributed by atoms with van der Waals surface area (Å²) >= 11 is 7.45. The Hall–Kier alpha value is -2.35. The molecule has 1 N–H and O–H groups in total. The molecule has 1 aliphatic heterocycles. The summed E-state index contributed by atoms with van der Waals surface area (Å²) in [4.78, 5) is 20.9. The fourth-order valence-electron chi connectivity index (χ4n) is 2.94. The standard InChI is InChI=1S/C20H20ClN3O3S/c1-23(2)7-8-24(19(25)13-3-5-14(21)6-4-13)20-22-15-11-16-17(12-18(15)28-20)27-10-9-26-16/h3-6,11-12H,7-10H2,1-2H3/p+1. The number of hydrogen-bond acceptors (Lipinski definition) is 5. The Kier molecular flexibility index (Phi) is 5.39. The molecule has 4 rings (SSSR count). The van der Waals surface area contributed by atoms with Crippen LogP contribution in [0.25, 0.3) is 10.2 Å². The molecule has 0 fully saturated rings. The van der Waals surface area contributed by atoms with E-state index in [4.69, 9.17) is 26.1 Å². The molecule has 2 aromatic carbocycles. The number of likely N-dealkylation sites (N-methyl/N-ethyl adjacent to an activating group) is 1. The van der Waals surface area contributed by atoms with Crippen LogP contribution in [0.1, 0.15) is 10.4 Å². The van der Waals surface area contributed by atoms with Gasteiger partial charge in [0.15, 0.2) is 16.6 Å². The Morgan fingerprint density at radius 2 is 1.86 bits per heavy atom. The van der Waals surface area contributed by atoms with Crippen molar-refractivity contribution >= 4 is 44.2 Å². The molecule has 0 bridgehead atoms. The number of anilines is 1. The van der Waals surface area contributed by atoms with E-state index in [1.807, 2.05) is 12.1 Å². The Labute approximate surface area is 172 Å². The van der Waals surface area contributed by atoms with E-state index in [0.29, 0.717) is 41.2 Å². The number of ether oxygens (including phenoxy) is 2. The van der Waals surface area contributed by atoms with Crippen molar-refractivity contribution in [1.82, 2.24) is 4.98 Å². The number of nitrogens with one attached hydrogen (secondary N) is 1. The summed E-state index contributed by atoms with van der Waals surface area (Å²) in [6, 6.07) is 10.8. The van der Waals surface area contributed by atoms with Gasteiger partial charge in [0.1, 0.15) is 13.2 Å². The molecule has 0 radical (unpaired) electrons. The number of rotatable bonds is 5. The number of nitrogens with zero attached hydrogens (tertiary/aromatic N) is 2. The zero-order chi connectivity index (χ0) is 19.7. The normalized spacial score (nSPS) is 13.1. The predicted octanol–water partition coefficient (Wildman–Crippen LogP) is 2.51. The van der Waals surface area contributed by atoms with Gasteiger partial charge >= 0.3 is 0 Å². The third-order valence-corrected chi connectivity index (χ3v) is 5.74. The van der Waals surface area contributed by atoms with Gasteiger partial charge in [-0.25, -0.2) is 4.98 Å². The summed E-state index contributed by atoms with van der Waals surface area (Å²) in [6.07, 6.45) is 0. The summed E-state index contributed by atoms with van der Waals surface area (Å²) in [5.41, 5.74) is 1.39. The lowest BCUT2D eigenvalue weighted by Crippen LogP contribution is -3.06. The number of quaternary nitrogens is 1. The zero-order valence-electron chi connectivity index (χ0n) is 15.7. The van der Waals surface area contributed by atoms with Crippen LogP contribution in [0.5, 0.6) is 11.5 Å². The summed E-state index contributed by atoms with van der Waals surface area (Å²) in [5, 5.41) is 1.27. The fourth-order valence-corrected chi connectivity index (χ4v) is 4.06. The van der Waals surface area contributed by atoms with Gasteiger partial charge in [-0.1, -0.05) is 22.9 Å². The number of thiazole rings is 1. The largest absolute Gasteiger partial charge is 0.486 e. The molecule has 28 heavy (non-hydrogen) atoms. The smallest absolute Gasteiger partial charge is 0.260 e. The third-order valence-electron chi connectivity index (χ3n) is 4.44. The summed E-state index contributed by atoms with van der Waals surface area (Å²) < 4.78 is 12.3. The molecule has 8 heteroatoms. The maximum absolute atomic E-state index is 13.2. The molecule has 1 aromatic heterocycles. The summed E-state index contributed by atoms with van der Waals surface area (Å²) in [5.74, 6) is 1.33. The van der Waals surface area contributed by atoms with Gasteiger partial charge in [-0.2, -0.15) is 0 Å². The van der Waals surface area contributed by atoms with Gasteiger partial charge in [0.2, 0.25) is 0 Å². The first-order valence-electron chi connectivity index (χ1n) is 9.08. The van der Waals surface area contributed by atoms with Gasteiger partial charge in [-0.05, 0) is 24.3 Å². The highest BCUT2D eigenvalue weighted by atomic mass is 35.5. The van der Waals surface area contributed by atoms with Crippen LogP contribution in [0.15, 0.2) is 36.4 Å². The van der Waals surface area contributed by atoms with Crippen molar-refractivity contribution in [3.8, 4) is 11.5 Å². The SMILES string of the molecule is C[NH+](C)CCN(C(=O)c1ccc(Cl)cc1)c1nc2cc3c(cc2s1)OCCO3. The molecule has 1 amide bonds. The van der Waals surface area contributed by atoms with Crippen LogP contribution in [0, 0.1) is 0 Å². The van der Waals surface area contributed by atoms with Gasteiger partial charge in [0.25, 0.3) is 5.91 Å². The van der Waals surface area contributed by atoms with Crippen molar-refractivity contribution in [2.45, 2.75) is 0 Å². The van der Waals surface area contributed by atoms with E-state index in [2.05, 4.69) is 14.1 Å². The fraction of sp³-hybridized carbons (Fsp3) is 0.300. The van der Waals surface area contributed by atoms with E-state index < -0.39 is 0 Å². The quantitative estimate of drug-likeness (QED) is 0.691. The highest BCUT2D eigenvalue weighted by Gasteiger charge is 2.23. The second kappa shape index (κ2) is 7.95. The van der Waals surface area contributed by atoms with Crippen molar-refractivity contribution < 1.29 is 19.2 Å². The first-order valence-corrected chi connectivity index (χ1v) is 10.3. The van der Waals surface area contributed by atoms with Crippen LogP contribution < -0.4 is 19.3 Å². The molecular weight excluding hydrogens is 398 g/mol. The van der Waals surface area contributed by atoms with Crippen LogP contribution in [-0.4, -0.2) is 51.3 Å². The lowest BCUT2D eigenvalue weighted by atomic mass is 10.2. The lowest BCUT2D eigenvalue weighted by molar-refractivity contribution is -0.856. The molecule has 1 aliphatic rings. The molecule has 6 nitrogen and oxygen atoms in total. The molecule has 3 aromatic rings. The molecule has 0 saturated carbocycles. The highest BCUT2D eigenvalue weighted by molar-refractivity contribution is 7.22. The number of benzene rings is 2. The van der Waals surface area contributed by atoms with Crippen LogP contribution in [0.2, 0.25) is 5.02 Å². The highest BCUT2D eigenvalue weighted by Crippen LogP contribution is 2.39. The predicted molar refractivity (Wildman–Crippen MR) is 111 cm³/mol. The van der Waals surface area contributed by atoms with E-state index in [0.717, 1.165) is 22.5 Å². The number of halogens is 1. The second-order valence-electron chi connectivity index (χ2n) is 6.88. The van der Waals surface area contributed by atoms with Crippen molar-refractivity contribution in [3.63, 3.8) is 0 Å². The third kappa shape index (κ3) is 3.92. The zero-order valence-corrected chi connectivity index (χ0v) is 17.3. The van der Waals surface area contributed by atoms with E-state index in [-0.39, 0.29) is 5.91 Å². The number of aromatic nitrogens is 1. The van der Waals surface area contributed by atoms with Crippen LogP contribution in [0.4, 0.5) is 5.13 Å². The van der Waals surface area contributed by atoms with Crippen molar-refractivity contribution in [1.29, 1.82) is 0 Å². The molecule has 0 spiro atoms. The molecule has 0 unspecified atom stereocenters. The first kappa shape index (κ1) is 19.0. The summed E-state index contributed by atoms with van der Waals surface area (Å²) in [7, 11) is 4.12. The van der Waals surface area contributed by atoms with Crippen LogP contribution in [0.3, 0.4) is 0 Å². The van der Waals surface area contributed by atoms with Crippen molar-refractivity contribution in [2.75, 3.05) is 45.3 Å². The van der Waals surface area contributed by atoms with Crippen LogP contribution in [-0.2, 0) is 0 Å². The van der Waals surface area contributed by atoms with Crippen molar-refractivity contribution in [3.05, 3.63) is 47.0 Å². The Balaban J connectivity index is 1.70. The number of carbonyl (C=O) groups excluding carboxylic acids is 1.